The summed E-state index contributed by atoms with van der Waals surface area (Å²) in [5, 5.41) is 2.98. The normalized spacial score (nSPS) is 20.0. The quantitative estimate of drug-likeness (QED) is 0.729. The molecule has 0 unspecified atom stereocenters. The van der Waals surface area contributed by atoms with Crippen LogP contribution < -0.4 is 10.1 Å². The fraction of sp³-hybridized carbons (Fsp3) is 0.435. The molecule has 30 heavy (non-hydrogen) atoms. The van der Waals surface area contributed by atoms with Crippen molar-refractivity contribution in [2.45, 2.75) is 45.1 Å². The van der Waals surface area contributed by atoms with Crippen molar-refractivity contribution < 1.29 is 17.9 Å². The van der Waals surface area contributed by atoms with Crippen LogP contribution >= 0.6 is 0 Å². The van der Waals surface area contributed by atoms with Crippen LogP contribution in [0.2, 0.25) is 0 Å². The predicted octanol–water partition coefficient (Wildman–Crippen LogP) is 3.50. The predicted molar refractivity (Wildman–Crippen MR) is 117 cm³/mol. The maximum Gasteiger partial charge on any atom is 0.243 e. The van der Waals surface area contributed by atoms with Gasteiger partial charge < -0.3 is 10.1 Å². The Morgan fingerprint density at radius 3 is 2.43 bits per heavy atom. The molecule has 1 heterocycles. The van der Waals surface area contributed by atoms with E-state index in [-0.39, 0.29) is 17.3 Å². The highest BCUT2D eigenvalue weighted by Gasteiger charge is 2.41. The Labute approximate surface area is 179 Å². The van der Waals surface area contributed by atoms with Crippen molar-refractivity contribution >= 4 is 15.9 Å². The molecule has 1 saturated heterocycles. The Kier molecular flexibility index (Phi) is 6.83. The second-order valence-electron chi connectivity index (χ2n) is 8.08. The van der Waals surface area contributed by atoms with Crippen LogP contribution in [0.5, 0.6) is 5.75 Å². The van der Waals surface area contributed by atoms with Crippen molar-refractivity contribution in [3.63, 3.8) is 0 Å². The first-order valence-electron chi connectivity index (χ1n) is 10.3. The van der Waals surface area contributed by atoms with E-state index >= 15 is 0 Å². The molecule has 2 aromatic rings. The molecule has 0 saturated carbocycles. The molecule has 0 aromatic heterocycles. The van der Waals surface area contributed by atoms with Crippen molar-refractivity contribution in [3.05, 3.63) is 59.7 Å². The Bertz CT molecular complexity index is 971. The Hall–Kier alpha value is -2.38. The van der Waals surface area contributed by atoms with E-state index in [4.69, 9.17) is 4.74 Å². The topological polar surface area (TPSA) is 75.7 Å². The van der Waals surface area contributed by atoms with Gasteiger partial charge >= 0.3 is 0 Å². The van der Waals surface area contributed by atoms with E-state index in [0.29, 0.717) is 38.3 Å². The third kappa shape index (κ3) is 5.02. The van der Waals surface area contributed by atoms with E-state index in [1.54, 1.807) is 24.3 Å². The van der Waals surface area contributed by atoms with Gasteiger partial charge in [0.15, 0.2) is 0 Å². The lowest BCUT2D eigenvalue weighted by Gasteiger charge is -2.38. The molecular weight excluding hydrogens is 400 g/mol. The Balaban J connectivity index is 1.69. The summed E-state index contributed by atoms with van der Waals surface area (Å²) in [5.41, 5.74) is 1.42. The number of carbonyl (C=O) groups excluding carboxylic acids is 1. The summed E-state index contributed by atoms with van der Waals surface area (Å²) in [7, 11) is -3.67. The summed E-state index contributed by atoms with van der Waals surface area (Å²) in [6.07, 6.45) is 1.30. The lowest BCUT2D eigenvalue weighted by Crippen LogP contribution is -2.51. The maximum atomic E-state index is 13.1. The van der Waals surface area contributed by atoms with Crippen molar-refractivity contribution in [2.75, 3.05) is 19.7 Å². The highest BCUT2D eigenvalue weighted by atomic mass is 32.2. The minimum atomic E-state index is -3.67. The summed E-state index contributed by atoms with van der Waals surface area (Å²) in [4.78, 5) is 13.2. The van der Waals surface area contributed by atoms with Gasteiger partial charge in [0.05, 0.1) is 16.9 Å². The van der Waals surface area contributed by atoms with Gasteiger partial charge in [0.2, 0.25) is 15.9 Å². The molecule has 1 aliphatic heterocycles. The summed E-state index contributed by atoms with van der Waals surface area (Å²) >= 11 is 0. The number of benzene rings is 2. The number of nitrogens with one attached hydrogen (secondary N) is 1. The maximum absolute atomic E-state index is 13.1. The van der Waals surface area contributed by atoms with E-state index in [1.807, 2.05) is 45.0 Å². The number of aryl methyl sites for hydroxylation is 1. The van der Waals surface area contributed by atoms with E-state index in [9.17, 15) is 13.2 Å². The largest absolute Gasteiger partial charge is 0.494 e. The number of piperidine rings is 1. The van der Waals surface area contributed by atoms with Gasteiger partial charge in [-0.05, 0) is 63.4 Å². The molecule has 1 N–H and O–H groups in total. The molecule has 7 heteroatoms. The van der Waals surface area contributed by atoms with Gasteiger partial charge in [-0.25, -0.2) is 8.42 Å². The smallest absolute Gasteiger partial charge is 0.243 e. The second kappa shape index (κ2) is 9.18. The van der Waals surface area contributed by atoms with Gasteiger partial charge in [0.25, 0.3) is 0 Å². The van der Waals surface area contributed by atoms with Crippen LogP contribution in [0.25, 0.3) is 0 Å². The average Bonchev–Trinajstić information content (AvgIpc) is 2.74. The first-order valence-corrected chi connectivity index (χ1v) is 11.8. The molecule has 162 valence electrons. The van der Waals surface area contributed by atoms with Crippen molar-refractivity contribution in [2.24, 2.45) is 5.41 Å². The van der Waals surface area contributed by atoms with Gasteiger partial charge in [0, 0.05) is 19.6 Å². The van der Waals surface area contributed by atoms with Crippen LogP contribution in [0.1, 0.15) is 37.8 Å². The number of sulfonamides is 1. The molecule has 1 fully saturated rings. The third-order valence-corrected chi connectivity index (χ3v) is 7.42. The minimum Gasteiger partial charge on any atom is -0.494 e. The number of nitrogens with zero attached hydrogens (tertiary/aromatic N) is 1. The Morgan fingerprint density at radius 1 is 1.13 bits per heavy atom. The number of hydrogen-bond donors (Lipinski definition) is 1. The molecule has 0 radical (unpaired) electrons. The van der Waals surface area contributed by atoms with Gasteiger partial charge in [-0.3, -0.25) is 4.79 Å². The second-order valence-corrected chi connectivity index (χ2v) is 10.0. The van der Waals surface area contributed by atoms with Crippen molar-refractivity contribution in [1.82, 2.24) is 9.62 Å². The standard InChI is InChI=1S/C23H30N2O4S/c1-4-29-20-10-12-21(13-11-20)30(27,28)25-15-5-14-23(3,17-25)22(26)24-16-19-8-6-18(2)7-9-19/h6-13H,4-5,14-17H2,1-3H3,(H,24,26)/t23-/m0/s1. The lowest BCUT2D eigenvalue weighted by atomic mass is 9.82. The number of hydrogen-bond acceptors (Lipinski definition) is 4. The molecule has 0 spiro atoms. The summed E-state index contributed by atoms with van der Waals surface area (Å²) < 4.78 is 33.1. The molecule has 2 aromatic carbocycles. The fourth-order valence-corrected chi connectivity index (χ4v) is 5.31. The summed E-state index contributed by atoms with van der Waals surface area (Å²) in [6.45, 7) is 7.28. The zero-order valence-corrected chi connectivity index (χ0v) is 18.7. The molecule has 0 bridgehead atoms. The van der Waals surface area contributed by atoms with Crippen LogP contribution in [0, 0.1) is 12.3 Å². The SMILES string of the molecule is CCOc1ccc(S(=O)(=O)N2CCC[C@](C)(C(=O)NCc3ccc(C)cc3)C2)cc1. The number of amides is 1. The number of rotatable bonds is 7. The lowest BCUT2D eigenvalue weighted by molar-refractivity contribution is -0.132. The zero-order chi connectivity index (χ0) is 21.8. The molecule has 6 nitrogen and oxygen atoms in total. The Morgan fingerprint density at radius 2 is 1.80 bits per heavy atom. The average molecular weight is 431 g/mol. The van der Waals surface area contributed by atoms with E-state index < -0.39 is 15.4 Å². The van der Waals surface area contributed by atoms with Gasteiger partial charge in [-0.15, -0.1) is 0 Å². The van der Waals surface area contributed by atoms with Gasteiger partial charge in [-0.1, -0.05) is 29.8 Å². The minimum absolute atomic E-state index is 0.116. The number of carbonyl (C=O) groups is 1. The van der Waals surface area contributed by atoms with Crippen molar-refractivity contribution in [3.8, 4) is 5.75 Å². The highest BCUT2D eigenvalue weighted by molar-refractivity contribution is 7.89. The van der Waals surface area contributed by atoms with Crippen LogP contribution in [-0.4, -0.2) is 38.3 Å². The first kappa shape index (κ1) is 22.3. The zero-order valence-electron chi connectivity index (χ0n) is 17.8. The first-order chi connectivity index (χ1) is 14.2. The van der Waals surface area contributed by atoms with Crippen LogP contribution in [-0.2, 0) is 21.4 Å². The van der Waals surface area contributed by atoms with E-state index in [0.717, 1.165) is 5.56 Å². The van der Waals surface area contributed by atoms with Gasteiger partial charge in [0.1, 0.15) is 5.75 Å². The van der Waals surface area contributed by atoms with E-state index in [2.05, 4.69) is 5.32 Å². The third-order valence-electron chi connectivity index (χ3n) is 5.56. The fourth-order valence-electron chi connectivity index (χ4n) is 3.71. The highest BCUT2D eigenvalue weighted by Crippen LogP contribution is 2.33. The number of ether oxygens (including phenoxy) is 1. The summed E-state index contributed by atoms with van der Waals surface area (Å²) in [6, 6.07) is 14.4. The summed E-state index contributed by atoms with van der Waals surface area (Å²) in [5.74, 6) is 0.519. The monoisotopic (exact) mass is 430 g/mol. The van der Waals surface area contributed by atoms with Crippen LogP contribution in [0.15, 0.2) is 53.4 Å². The molecule has 1 amide bonds. The molecule has 1 atom stereocenters. The molecule has 3 rings (SSSR count). The van der Waals surface area contributed by atoms with E-state index in [1.165, 1.54) is 9.87 Å². The van der Waals surface area contributed by atoms with Crippen LogP contribution in [0.3, 0.4) is 0 Å². The molecule has 1 aliphatic rings. The molecular formula is C23H30N2O4S. The van der Waals surface area contributed by atoms with Crippen LogP contribution in [0.4, 0.5) is 0 Å². The van der Waals surface area contributed by atoms with Gasteiger partial charge in [-0.2, -0.15) is 4.31 Å². The molecule has 0 aliphatic carbocycles. The van der Waals surface area contributed by atoms with Crippen molar-refractivity contribution in [1.29, 1.82) is 0 Å².